The summed E-state index contributed by atoms with van der Waals surface area (Å²) >= 11 is 0. The minimum Gasteiger partial charge on any atom is -0.394 e. The summed E-state index contributed by atoms with van der Waals surface area (Å²) in [6.07, 6.45) is -2.83. The summed E-state index contributed by atoms with van der Waals surface area (Å²) in [7, 11) is 0. The van der Waals surface area contributed by atoms with Crippen molar-refractivity contribution in [2.24, 2.45) is 5.92 Å². The lowest BCUT2D eigenvalue weighted by Crippen LogP contribution is -2.58. The van der Waals surface area contributed by atoms with Crippen LogP contribution < -0.4 is 0 Å². The first-order valence-corrected chi connectivity index (χ1v) is 7.55. The van der Waals surface area contributed by atoms with Gasteiger partial charge in [-0.3, -0.25) is 4.84 Å². The van der Waals surface area contributed by atoms with Gasteiger partial charge in [0.15, 0.2) is 6.29 Å². The third-order valence-electron chi connectivity index (χ3n) is 4.41. The van der Waals surface area contributed by atoms with Gasteiger partial charge in [-0.15, -0.1) is 0 Å². The van der Waals surface area contributed by atoms with Gasteiger partial charge in [0.25, 0.3) is 0 Å². The minimum atomic E-state index is -1.12. The van der Waals surface area contributed by atoms with Gasteiger partial charge in [0.05, 0.1) is 36.4 Å². The summed E-state index contributed by atoms with van der Waals surface area (Å²) in [4.78, 5) is 5.73. The average molecular weight is 303 g/mol. The molecule has 3 rings (SSSR count). The van der Waals surface area contributed by atoms with Gasteiger partial charge >= 0.3 is 0 Å². The van der Waals surface area contributed by atoms with Crippen molar-refractivity contribution in [3.05, 3.63) is 0 Å². The lowest BCUT2D eigenvalue weighted by Gasteiger charge is -2.40. The van der Waals surface area contributed by atoms with Crippen molar-refractivity contribution < 1.29 is 29.6 Å². The van der Waals surface area contributed by atoms with Gasteiger partial charge < -0.3 is 24.8 Å². The van der Waals surface area contributed by atoms with Crippen LogP contribution in [0.2, 0.25) is 0 Å². The average Bonchev–Trinajstić information content (AvgIpc) is 2.92. The van der Waals surface area contributed by atoms with E-state index in [9.17, 15) is 15.3 Å². The SMILES string of the molecule is CC(C)(C)O[C@H]1CCN2O[C@H]3O[C@H](CO)[C@H](O)[C@H](O)[C@H]3[C@H]12. The second-order valence-corrected chi connectivity index (χ2v) is 7.08. The van der Waals surface area contributed by atoms with E-state index in [1.165, 1.54) is 0 Å². The lowest BCUT2D eigenvalue weighted by molar-refractivity contribution is -0.297. The molecule has 7 heteroatoms. The molecule has 0 saturated carbocycles. The Labute approximate surface area is 124 Å². The minimum absolute atomic E-state index is 0.0730. The van der Waals surface area contributed by atoms with Gasteiger partial charge in [-0.25, -0.2) is 0 Å². The number of aliphatic hydroxyl groups excluding tert-OH is 3. The monoisotopic (exact) mass is 303 g/mol. The number of ether oxygens (including phenoxy) is 2. The molecule has 7 atom stereocenters. The first-order chi connectivity index (χ1) is 9.81. The van der Waals surface area contributed by atoms with E-state index in [-0.39, 0.29) is 30.3 Å². The van der Waals surface area contributed by atoms with Crippen LogP contribution in [0, 0.1) is 5.92 Å². The van der Waals surface area contributed by atoms with Gasteiger partial charge in [0.2, 0.25) is 0 Å². The highest BCUT2D eigenvalue weighted by Gasteiger charge is 2.59. The lowest BCUT2D eigenvalue weighted by atomic mass is 9.84. The molecule has 3 N–H and O–H groups in total. The summed E-state index contributed by atoms with van der Waals surface area (Å²) < 4.78 is 11.7. The van der Waals surface area contributed by atoms with E-state index in [0.29, 0.717) is 6.54 Å². The maximum Gasteiger partial charge on any atom is 0.185 e. The second kappa shape index (κ2) is 5.42. The van der Waals surface area contributed by atoms with Crippen LogP contribution in [0.5, 0.6) is 0 Å². The van der Waals surface area contributed by atoms with E-state index in [2.05, 4.69) is 0 Å². The van der Waals surface area contributed by atoms with Crippen LogP contribution in [0.3, 0.4) is 0 Å². The largest absolute Gasteiger partial charge is 0.394 e. The molecule has 3 aliphatic heterocycles. The number of hydroxylamine groups is 2. The molecule has 0 aromatic rings. The number of hydrogen-bond acceptors (Lipinski definition) is 7. The summed E-state index contributed by atoms with van der Waals surface area (Å²) in [5.74, 6) is -0.377. The molecular formula is C14H25NO6. The van der Waals surface area contributed by atoms with E-state index in [0.717, 1.165) is 6.42 Å². The number of nitrogens with zero attached hydrogens (tertiary/aromatic N) is 1. The van der Waals surface area contributed by atoms with Crippen molar-refractivity contribution in [3.8, 4) is 0 Å². The molecule has 0 amide bonds. The molecule has 0 aromatic carbocycles. The summed E-state index contributed by atoms with van der Waals surface area (Å²) in [5.41, 5.74) is -0.286. The molecule has 0 aliphatic carbocycles. The number of aliphatic hydroxyl groups is 3. The summed E-state index contributed by atoms with van der Waals surface area (Å²) in [5, 5.41) is 31.5. The zero-order valence-corrected chi connectivity index (χ0v) is 12.7. The van der Waals surface area contributed by atoms with Crippen molar-refractivity contribution in [2.45, 2.75) is 69.5 Å². The zero-order valence-electron chi connectivity index (χ0n) is 12.7. The summed E-state index contributed by atoms with van der Waals surface area (Å²) in [6.45, 7) is 6.33. The molecule has 7 nitrogen and oxygen atoms in total. The third-order valence-corrected chi connectivity index (χ3v) is 4.41. The van der Waals surface area contributed by atoms with Crippen LogP contribution in [-0.2, 0) is 14.3 Å². The van der Waals surface area contributed by atoms with Crippen molar-refractivity contribution in [3.63, 3.8) is 0 Å². The highest BCUT2D eigenvalue weighted by Crippen LogP contribution is 2.43. The Morgan fingerprint density at radius 3 is 2.57 bits per heavy atom. The zero-order chi connectivity index (χ0) is 15.4. The van der Waals surface area contributed by atoms with E-state index >= 15 is 0 Å². The Morgan fingerprint density at radius 2 is 1.95 bits per heavy atom. The molecule has 0 unspecified atom stereocenters. The Bertz CT molecular complexity index is 384. The van der Waals surface area contributed by atoms with Gasteiger partial charge in [-0.2, -0.15) is 5.06 Å². The smallest absolute Gasteiger partial charge is 0.185 e. The van der Waals surface area contributed by atoms with Gasteiger partial charge in [-0.1, -0.05) is 0 Å². The Hall–Kier alpha value is -0.280. The Kier molecular flexibility index (Phi) is 4.03. The van der Waals surface area contributed by atoms with Crippen molar-refractivity contribution in [2.75, 3.05) is 13.2 Å². The number of rotatable bonds is 2. The fourth-order valence-electron chi connectivity index (χ4n) is 3.60. The van der Waals surface area contributed by atoms with Crippen LogP contribution in [-0.4, -0.2) is 75.9 Å². The molecule has 3 heterocycles. The van der Waals surface area contributed by atoms with Crippen LogP contribution in [0.15, 0.2) is 0 Å². The molecule has 0 bridgehead atoms. The van der Waals surface area contributed by atoms with Crippen LogP contribution in [0.1, 0.15) is 27.2 Å². The van der Waals surface area contributed by atoms with Gasteiger partial charge in [0.1, 0.15) is 12.2 Å². The Balaban J connectivity index is 1.79. The van der Waals surface area contributed by atoms with E-state index in [4.69, 9.17) is 14.3 Å². The maximum atomic E-state index is 10.4. The predicted molar refractivity (Wildman–Crippen MR) is 72.1 cm³/mol. The highest BCUT2D eigenvalue weighted by molar-refractivity contribution is 5.03. The van der Waals surface area contributed by atoms with Crippen LogP contribution in [0.4, 0.5) is 0 Å². The van der Waals surface area contributed by atoms with Crippen molar-refractivity contribution in [1.82, 2.24) is 5.06 Å². The molecule has 3 aliphatic rings. The molecule has 0 spiro atoms. The van der Waals surface area contributed by atoms with Crippen LogP contribution >= 0.6 is 0 Å². The molecule has 3 saturated heterocycles. The predicted octanol–water partition coefficient (Wildman–Crippen LogP) is -0.755. The molecule has 0 aromatic heterocycles. The second-order valence-electron chi connectivity index (χ2n) is 7.08. The van der Waals surface area contributed by atoms with E-state index in [1.54, 1.807) is 5.06 Å². The third kappa shape index (κ3) is 2.72. The summed E-state index contributed by atoms with van der Waals surface area (Å²) in [6, 6.07) is -0.140. The molecular weight excluding hydrogens is 278 g/mol. The van der Waals surface area contributed by atoms with Crippen molar-refractivity contribution in [1.29, 1.82) is 0 Å². The molecule has 0 radical (unpaired) electrons. The van der Waals surface area contributed by atoms with E-state index in [1.807, 2.05) is 20.8 Å². The quantitative estimate of drug-likeness (QED) is 0.618. The first kappa shape index (κ1) is 15.6. The number of hydrogen-bond donors (Lipinski definition) is 3. The highest BCUT2D eigenvalue weighted by atomic mass is 16.8. The van der Waals surface area contributed by atoms with Crippen LogP contribution in [0.25, 0.3) is 0 Å². The molecule has 21 heavy (non-hydrogen) atoms. The van der Waals surface area contributed by atoms with Crippen molar-refractivity contribution >= 4 is 0 Å². The van der Waals surface area contributed by atoms with Gasteiger partial charge in [-0.05, 0) is 27.2 Å². The fraction of sp³-hybridized carbons (Fsp3) is 1.00. The van der Waals surface area contributed by atoms with Gasteiger partial charge in [0, 0.05) is 6.54 Å². The first-order valence-electron chi connectivity index (χ1n) is 7.55. The normalized spacial score (nSPS) is 47.4. The number of fused-ring (bicyclic) bond motifs is 3. The fourth-order valence-corrected chi connectivity index (χ4v) is 3.60. The molecule has 3 fully saturated rings. The topological polar surface area (TPSA) is 91.6 Å². The molecule has 122 valence electrons. The maximum absolute atomic E-state index is 10.4. The van der Waals surface area contributed by atoms with E-state index < -0.39 is 24.6 Å². The standard InChI is InChI=1S/C14H25NO6/c1-14(2,3)20-7-4-5-15-10(7)9-12(18)11(17)8(6-16)19-13(9)21-15/h7-13,16-18H,4-6H2,1-3H3/t7-,8+,9+,10-,11-,12+,13+/m0/s1. The Morgan fingerprint density at radius 1 is 1.24 bits per heavy atom.